The average Bonchev–Trinajstić information content (AvgIpc) is 2.88. The Morgan fingerprint density at radius 3 is 2.24 bits per heavy atom. The number of rotatable bonds is 8. The van der Waals surface area contributed by atoms with Crippen molar-refractivity contribution in [2.24, 2.45) is 0 Å². The van der Waals surface area contributed by atoms with E-state index >= 15 is 0 Å². The highest BCUT2D eigenvalue weighted by Gasteiger charge is 2.11. The third-order valence-corrected chi connectivity index (χ3v) is 5.60. The number of phenols is 1. The summed E-state index contributed by atoms with van der Waals surface area (Å²) in [5.74, 6) is 1.02. The highest BCUT2D eigenvalue weighted by Crippen LogP contribution is 2.32. The normalized spacial score (nSPS) is 10.9. The van der Waals surface area contributed by atoms with Crippen molar-refractivity contribution in [3.63, 3.8) is 0 Å². The first-order chi connectivity index (χ1) is 16.6. The van der Waals surface area contributed by atoms with Gasteiger partial charge in [-0.2, -0.15) is 0 Å². The van der Waals surface area contributed by atoms with E-state index in [1.54, 1.807) is 19.2 Å². The summed E-state index contributed by atoms with van der Waals surface area (Å²) in [6.07, 6.45) is 5.10. The second kappa shape index (κ2) is 11.0. The summed E-state index contributed by atoms with van der Waals surface area (Å²) in [6, 6.07) is 30.8. The van der Waals surface area contributed by atoms with Gasteiger partial charge in [0.1, 0.15) is 11.5 Å². The molecule has 4 rings (SSSR count). The standard InChI is InChI=1S/C30H27NO3/c1-34-26-19-13-23(14-20-26)15-21-30(33)31-29-9-5-4-8-28(29)27-7-3-2-6-24(27)16-10-22-11-17-25(32)18-12-22/h2-14,16-20,32H,15,21H2,1H3,(H,31,33). The Bertz CT molecular complexity index is 1280. The van der Waals surface area contributed by atoms with Gasteiger partial charge in [0.25, 0.3) is 0 Å². The number of ether oxygens (including phenoxy) is 1. The minimum atomic E-state index is -0.0274. The molecule has 2 N–H and O–H groups in total. The molecule has 170 valence electrons. The maximum absolute atomic E-state index is 12.7. The first kappa shape index (κ1) is 22.9. The summed E-state index contributed by atoms with van der Waals surface area (Å²) in [6.45, 7) is 0. The largest absolute Gasteiger partial charge is 0.508 e. The second-order valence-corrected chi connectivity index (χ2v) is 7.95. The van der Waals surface area contributed by atoms with Gasteiger partial charge < -0.3 is 15.2 Å². The molecule has 0 bridgehead atoms. The molecule has 1 amide bonds. The van der Waals surface area contributed by atoms with Crippen LogP contribution in [-0.2, 0) is 11.2 Å². The van der Waals surface area contributed by atoms with Crippen molar-refractivity contribution in [1.82, 2.24) is 0 Å². The van der Waals surface area contributed by atoms with Crippen molar-refractivity contribution in [3.8, 4) is 22.6 Å². The molecule has 0 aliphatic heterocycles. The molecule has 0 unspecified atom stereocenters. The molecule has 0 atom stereocenters. The van der Waals surface area contributed by atoms with Crippen molar-refractivity contribution in [2.75, 3.05) is 12.4 Å². The van der Waals surface area contributed by atoms with Gasteiger partial charge in [-0.05, 0) is 59.0 Å². The van der Waals surface area contributed by atoms with E-state index in [9.17, 15) is 9.90 Å². The molecule has 0 fully saturated rings. The summed E-state index contributed by atoms with van der Waals surface area (Å²) in [7, 11) is 1.64. The molecule has 0 aromatic heterocycles. The van der Waals surface area contributed by atoms with Crippen LogP contribution in [0, 0.1) is 0 Å². The molecule has 4 aromatic carbocycles. The summed E-state index contributed by atoms with van der Waals surface area (Å²) < 4.78 is 5.19. The molecule has 0 spiro atoms. The van der Waals surface area contributed by atoms with Crippen molar-refractivity contribution < 1.29 is 14.6 Å². The van der Waals surface area contributed by atoms with Gasteiger partial charge in [0.2, 0.25) is 5.91 Å². The first-order valence-electron chi connectivity index (χ1n) is 11.2. The molecular formula is C30H27NO3. The Kier molecular flexibility index (Phi) is 7.41. The molecular weight excluding hydrogens is 422 g/mol. The maximum Gasteiger partial charge on any atom is 0.224 e. The SMILES string of the molecule is COc1ccc(CCC(=O)Nc2ccccc2-c2ccccc2C=Cc2ccc(O)cc2)cc1. The number of aryl methyl sites for hydroxylation is 1. The fraction of sp³-hybridized carbons (Fsp3) is 0.100. The predicted octanol–water partition coefficient (Wildman–Crippen LogP) is 6.81. The van der Waals surface area contributed by atoms with Gasteiger partial charge >= 0.3 is 0 Å². The molecule has 34 heavy (non-hydrogen) atoms. The second-order valence-electron chi connectivity index (χ2n) is 7.95. The van der Waals surface area contributed by atoms with E-state index in [1.165, 1.54) is 0 Å². The first-order valence-corrected chi connectivity index (χ1v) is 11.2. The Morgan fingerprint density at radius 2 is 1.50 bits per heavy atom. The molecule has 4 nitrogen and oxygen atoms in total. The highest BCUT2D eigenvalue weighted by atomic mass is 16.5. The monoisotopic (exact) mass is 449 g/mol. The lowest BCUT2D eigenvalue weighted by Gasteiger charge is -2.13. The highest BCUT2D eigenvalue weighted by molar-refractivity contribution is 5.97. The van der Waals surface area contributed by atoms with Crippen molar-refractivity contribution in [2.45, 2.75) is 12.8 Å². The zero-order valence-electron chi connectivity index (χ0n) is 19.1. The number of benzene rings is 4. The summed E-state index contributed by atoms with van der Waals surface area (Å²) in [5.41, 5.74) is 5.90. The van der Waals surface area contributed by atoms with Crippen molar-refractivity contribution >= 4 is 23.7 Å². The number of para-hydroxylation sites is 1. The van der Waals surface area contributed by atoms with Crippen molar-refractivity contribution in [3.05, 3.63) is 114 Å². The molecule has 4 heteroatoms. The Labute approximate surface area is 200 Å². The molecule has 0 aliphatic rings. The Balaban J connectivity index is 1.50. The van der Waals surface area contributed by atoms with E-state index in [0.29, 0.717) is 12.8 Å². The number of amides is 1. The smallest absolute Gasteiger partial charge is 0.224 e. The van der Waals surface area contributed by atoms with Crippen LogP contribution < -0.4 is 10.1 Å². The van der Waals surface area contributed by atoms with Crippen LogP contribution in [0.3, 0.4) is 0 Å². The lowest BCUT2D eigenvalue weighted by atomic mass is 9.97. The van der Waals surface area contributed by atoms with E-state index in [-0.39, 0.29) is 11.7 Å². The van der Waals surface area contributed by atoms with Gasteiger partial charge in [-0.15, -0.1) is 0 Å². The van der Waals surface area contributed by atoms with Gasteiger partial charge in [-0.3, -0.25) is 4.79 Å². The fourth-order valence-electron chi connectivity index (χ4n) is 3.75. The molecule has 0 radical (unpaired) electrons. The lowest BCUT2D eigenvalue weighted by molar-refractivity contribution is -0.116. The number of methoxy groups -OCH3 is 1. The number of carbonyl (C=O) groups excluding carboxylic acids is 1. The fourth-order valence-corrected chi connectivity index (χ4v) is 3.75. The molecule has 0 aliphatic carbocycles. The topological polar surface area (TPSA) is 58.6 Å². The molecule has 0 saturated heterocycles. The van der Waals surface area contributed by atoms with Gasteiger partial charge in [0.15, 0.2) is 0 Å². The molecule has 0 heterocycles. The van der Waals surface area contributed by atoms with E-state index in [0.717, 1.165) is 39.3 Å². The van der Waals surface area contributed by atoms with E-state index in [4.69, 9.17) is 4.74 Å². The van der Waals surface area contributed by atoms with Crippen LogP contribution in [0.25, 0.3) is 23.3 Å². The van der Waals surface area contributed by atoms with Gasteiger partial charge in [0.05, 0.1) is 7.11 Å². The third-order valence-electron chi connectivity index (χ3n) is 5.60. The van der Waals surface area contributed by atoms with E-state index in [2.05, 4.69) is 17.4 Å². The lowest BCUT2D eigenvalue weighted by Crippen LogP contribution is -2.13. The quantitative estimate of drug-likeness (QED) is 0.291. The number of carbonyl (C=O) groups is 1. The zero-order chi connectivity index (χ0) is 23.8. The number of phenolic OH excluding ortho intramolecular Hbond substituents is 1. The van der Waals surface area contributed by atoms with Crippen LogP contribution in [-0.4, -0.2) is 18.1 Å². The Hall–Kier alpha value is -4.31. The van der Waals surface area contributed by atoms with Crippen LogP contribution in [0.2, 0.25) is 0 Å². The number of nitrogens with one attached hydrogen (secondary N) is 1. The minimum absolute atomic E-state index is 0.0274. The Morgan fingerprint density at radius 1 is 0.824 bits per heavy atom. The predicted molar refractivity (Wildman–Crippen MR) is 139 cm³/mol. The van der Waals surface area contributed by atoms with Crippen LogP contribution >= 0.6 is 0 Å². The van der Waals surface area contributed by atoms with Gasteiger partial charge in [-0.25, -0.2) is 0 Å². The average molecular weight is 450 g/mol. The molecule has 0 saturated carbocycles. The van der Waals surface area contributed by atoms with Gasteiger partial charge in [0, 0.05) is 17.7 Å². The van der Waals surface area contributed by atoms with Crippen molar-refractivity contribution in [1.29, 1.82) is 0 Å². The number of hydrogen-bond donors (Lipinski definition) is 2. The summed E-state index contributed by atoms with van der Waals surface area (Å²) in [4.78, 5) is 12.7. The summed E-state index contributed by atoms with van der Waals surface area (Å²) >= 11 is 0. The minimum Gasteiger partial charge on any atom is -0.508 e. The molecule has 4 aromatic rings. The zero-order valence-corrected chi connectivity index (χ0v) is 19.1. The summed E-state index contributed by atoms with van der Waals surface area (Å²) in [5, 5.41) is 12.6. The van der Waals surface area contributed by atoms with Crippen LogP contribution in [0.4, 0.5) is 5.69 Å². The number of aromatic hydroxyl groups is 1. The number of anilines is 1. The maximum atomic E-state index is 12.7. The van der Waals surface area contributed by atoms with Gasteiger partial charge in [-0.1, -0.05) is 78.9 Å². The van der Waals surface area contributed by atoms with Crippen LogP contribution in [0.15, 0.2) is 97.1 Å². The van der Waals surface area contributed by atoms with E-state index in [1.807, 2.05) is 84.9 Å². The van der Waals surface area contributed by atoms with E-state index < -0.39 is 0 Å². The van der Waals surface area contributed by atoms with Crippen LogP contribution in [0.5, 0.6) is 11.5 Å². The van der Waals surface area contributed by atoms with Crippen LogP contribution in [0.1, 0.15) is 23.1 Å². The number of hydrogen-bond acceptors (Lipinski definition) is 3. The third kappa shape index (κ3) is 5.93.